The fourth-order valence-electron chi connectivity index (χ4n) is 1.20. The second-order valence-electron chi connectivity index (χ2n) is 3.52. The van der Waals surface area contributed by atoms with Crippen LogP contribution in [-0.2, 0) is 16.6 Å². The molecule has 0 atom stereocenters. The van der Waals surface area contributed by atoms with Gasteiger partial charge in [-0.1, -0.05) is 17.3 Å². The molecule has 0 fully saturated rings. The largest absolute Gasteiger partial charge is 0.409 e. The molecule has 0 bridgehead atoms. The van der Waals surface area contributed by atoms with Gasteiger partial charge >= 0.3 is 0 Å². The number of rotatable bonds is 5. The van der Waals surface area contributed by atoms with Crippen molar-refractivity contribution in [3.63, 3.8) is 0 Å². The molecular formula is C10H14FN3O3S. The van der Waals surface area contributed by atoms with Crippen LogP contribution in [0.2, 0.25) is 0 Å². The minimum absolute atomic E-state index is 0.0726. The highest BCUT2D eigenvalue weighted by molar-refractivity contribution is 7.89. The number of nitrogens with zero attached hydrogens (tertiary/aromatic N) is 1. The Kier molecular flexibility index (Phi) is 4.62. The molecule has 6 nitrogen and oxygen atoms in total. The lowest BCUT2D eigenvalue weighted by molar-refractivity contribution is 0.318. The van der Waals surface area contributed by atoms with E-state index in [0.717, 1.165) is 6.07 Å². The van der Waals surface area contributed by atoms with Crippen LogP contribution in [-0.4, -0.2) is 25.2 Å². The minimum atomic E-state index is -3.37. The summed E-state index contributed by atoms with van der Waals surface area (Å²) in [7, 11) is -3.37. The lowest BCUT2D eigenvalue weighted by Gasteiger charge is -2.07. The van der Waals surface area contributed by atoms with Gasteiger partial charge in [0, 0.05) is 17.7 Å². The molecule has 0 aromatic heterocycles. The zero-order chi connectivity index (χ0) is 13.8. The van der Waals surface area contributed by atoms with Crippen molar-refractivity contribution in [1.82, 2.24) is 4.72 Å². The van der Waals surface area contributed by atoms with Crippen LogP contribution in [0.1, 0.15) is 18.1 Å². The maximum absolute atomic E-state index is 13.6. The Balaban J connectivity index is 2.87. The first-order valence-corrected chi connectivity index (χ1v) is 6.78. The van der Waals surface area contributed by atoms with Crippen molar-refractivity contribution in [2.75, 3.05) is 5.75 Å². The zero-order valence-corrected chi connectivity index (χ0v) is 10.5. The van der Waals surface area contributed by atoms with Crippen LogP contribution in [0, 0.1) is 5.82 Å². The van der Waals surface area contributed by atoms with Crippen molar-refractivity contribution in [2.45, 2.75) is 13.5 Å². The van der Waals surface area contributed by atoms with E-state index in [9.17, 15) is 12.8 Å². The van der Waals surface area contributed by atoms with Gasteiger partial charge in [0.05, 0.1) is 5.75 Å². The molecule has 1 aromatic carbocycles. The fraction of sp³-hybridized carbons (Fsp3) is 0.300. The third kappa shape index (κ3) is 3.67. The van der Waals surface area contributed by atoms with Gasteiger partial charge in [-0.25, -0.2) is 17.5 Å². The number of halogens is 1. The number of oxime groups is 1. The van der Waals surface area contributed by atoms with Crippen molar-refractivity contribution in [3.8, 4) is 0 Å². The van der Waals surface area contributed by atoms with Crippen molar-refractivity contribution < 1.29 is 18.0 Å². The number of amidine groups is 1. The standard InChI is InChI=1S/C10H14FN3O3S/c1-2-18(16,17)13-6-8-4-3-7(5-9(8)11)10(12)14-15/h3-5,13,15H,2,6H2,1H3,(H2,12,14). The molecule has 0 aliphatic heterocycles. The summed E-state index contributed by atoms with van der Waals surface area (Å²) in [5, 5.41) is 11.2. The molecule has 0 aliphatic carbocycles. The van der Waals surface area contributed by atoms with Crippen LogP contribution in [0.25, 0.3) is 0 Å². The molecular weight excluding hydrogens is 261 g/mol. The topological polar surface area (TPSA) is 105 Å². The van der Waals surface area contributed by atoms with Crippen LogP contribution >= 0.6 is 0 Å². The maximum atomic E-state index is 13.6. The van der Waals surface area contributed by atoms with Crippen LogP contribution in [0.15, 0.2) is 23.4 Å². The monoisotopic (exact) mass is 275 g/mol. The Labute approximate surface area is 104 Å². The maximum Gasteiger partial charge on any atom is 0.211 e. The van der Waals surface area contributed by atoms with E-state index in [1.54, 1.807) is 0 Å². The van der Waals surface area contributed by atoms with Crippen LogP contribution in [0.5, 0.6) is 0 Å². The Morgan fingerprint density at radius 1 is 1.56 bits per heavy atom. The van der Waals surface area contributed by atoms with E-state index in [2.05, 4.69) is 9.88 Å². The number of hydrogen-bond acceptors (Lipinski definition) is 4. The molecule has 1 rings (SSSR count). The van der Waals surface area contributed by atoms with E-state index in [4.69, 9.17) is 10.9 Å². The average molecular weight is 275 g/mol. The molecule has 0 saturated carbocycles. The molecule has 0 spiro atoms. The van der Waals surface area contributed by atoms with Crippen molar-refractivity contribution in [2.24, 2.45) is 10.9 Å². The molecule has 0 amide bonds. The summed E-state index contributed by atoms with van der Waals surface area (Å²) in [4.78, 5) is 0. The smallest absolute Gasteiger partial charge is 0.211 e. The molecule has 0 unspecified atom stereocenters. The molecule has 0 saturated heterocycles. The molecule has 0 aliphatic rings. The Morgan fingerprint density at radius 2 is 2.22 bits per heavy atom. The van der Waals surface area contributed by atoms with Crippen LogP contribution < -0.4 is 10.5 Å². The SMILES string of the molecule is CCS(=O)(=O)NCc1ccc(/C(N)=N/O)cc1F. The second kappa shape index (κ2) is 5.78. The summed E-state index contributed by atoms with van der Waals surface area (Å²) in [5.41, 5.74) is 5.70. The third-order valence-corrected chi connectivity index (χ3v) is 3.66. The Morgan fingerprint density at radius 3 is 2.72 bits per heavy atom. The van der Waals surface area contributed by atoms with Gasteiger partial charge < -0.3 is 10.9 Å². The summed E-state index contributed by atoms with van der Waals surface area (Å²) < 4.78 is 38.2. The fourth-order valence-corrected chi connectivity index (χ4v) is 1.78. The van der Waals surface area contributed by atoms with Gasteiger partial charge in [-0.2, -0.15) is 0 Å². The summed E-state index contributed by atoms with van der Waals surface area (Å²) in [6, 6.07) is 3.89. The quantitative estimate of drug-likeness (QED) is 0.312. The first kappa shape index (κ1) is 14.4. The number of hydrogen-bond donors (Lipinski definition) is 3. The van der Waals surface area contributed by atoms with Gasteiger partial charge in [-0.05, 0) is 13.0 Å². The lowest BCUT2D eigenvalue weighted by atomic mass is 10.1. The summed E-state index contributed by atoms with van der Waals surface area (Å²) in [6.45, 7) is 1.35. The third-order valence-electron chi connectivity index (χ3n) is 2.32. The molecule has 18 heavy (non-hydrogen) atoms. The Bertz CT molecular complexity index is 557. The Hall–Kier alpha value is -1.67. The molecule has 0 heterocycles. The molecule has 4 N–H and O–H groups in total. The summed E-state index contributed by atoms with van der Waals surface area (Å²) >= 11 is 0. The average Bonchev–Trinajstić information content (AvgIpc) is 2.36. The second-order valence-corrected chi connectivity index (χ2v) is 5.61. The predicted molar refractivity (Wildman–Crippen MR) is 65.2 cm³/mol. The van der Waals surface area contributed by atoms with E-state index in [1.807, 2.05) is 0 Å². The van der Waals surface area contributed by atoms with E-state index < -0.39 is 15.8 Å². The van der Waals surface area contributed by atoms with Crippen LogP contribution in [0.4, 0.5) is 4.39 Å². The lowest BCUT2D eigenvalue weighted by Crippen LogP contribution is -2.25. The van der Waals surface area contributed by atoms with Gasteiger partial charge in [0.15, 0.2) is 5.84 Å². The van der Waals surface area contributed by atoms with E-state index in [1.165, 1.54) is 19.1 Å². The molecule has 0 radical (unpaired) electrons. The summed E-state index contributed by atoms with van der Waals surface area (Å²) in [5.74, 6) is -0.913. The zero-order valence-electron chi connectivity index (χ0n) is 9.72. The molecule has 100 valence electrons. The summed E-state index contributed by atoms with van der Waals surface area (Å²) in [6.07, 6.45) is 0. The van der Waals surface area contributed by atoms with Crippen molar-refractivity contribution in [1.29, 1.82) is 0 Å². The number of benzene rings is 1. The van der Waals surface area contributed by atoms with Gasteiger partial charge in [-0.15, -0.1) is 0 Å². The van der Waals surface area contributed by atoms with E-state index in [0.29, 0.717) is 0 Å². The highest BCUT2D eigenvalue weighted by Crippen LogP contribution is 2.10. The van der Waals surface area contributed by atoms with E-state index in [-0.39, 0.29) is 29.3 Å². The normalized spacial score (nSPS) is 12.7. The van der Waals surface area contributed by atoms with Gasteiger partial charge in [0.1, 0.15) is 5.82 Å². The van der Waals surface area contributed by atoms with Gasteiger partial charge in [0.25, 0.3) is 0 Å². The predicted octanol–water partition coefficient (Wildman–Crippen LogP) is 0.359. The minimum Gasteiger partial charge on any atom is -0.409 e. The number of nitrogens with two attached hydrogens (primary N) is 1. The van der Waals surface area contributed by atoms with Crippen LogP contribution in [0.3, 0.4) is 0 Å². The van der Waals surface area contributed by atoms with E-state index >= 15 is 0 Å². The van der Waals surface area contributed by atoms with Crippen molar-refractivity contribution >= 4 is 15.9 Å². The van der Waals surface area contributed by atoms with Crippen molar-refractivity contribution in [3.05, 3.63) is 35.1 Å². The molecule has 1 aromatic rings. The number of nitrogens with one attached hydrogen (secondary N) is 1. The van der Waals surface area contributed by atoms with Gasteiger partial charge in [-0.3, -0.25) is 0 Å². The first-order chi connectivity index (χ1) is 8.39. The highest BCUT2D eigenvalue weighted by Gasteiger charge is 2.10. The number of sulfonamides is 1. The van der Waals surface area contributed by atoms with Gasteiger partial charge in [0.2, 0.25) is 10.0 Å². The molecule has 8 heteroatoms. The highest BCUT2D eigenvalue weighted by atomic mass is 32.2. The first-order valence-electron chi connectivity index (χ1n) is 5.13.